The number of fused-ring (bicyclic) bond motifs is 1. The molecule has 0 atom stereocenters. The zero-order valence-corrected chi connectivity index (χ0v) is 10.5. The van der Waals surface area contributed by atoms with Gasteiger partial charge in [0.15, 0.2) is 5.16 Å². The number of hydrogen-bond acceptors (Lipinski definition) is 3. The van der Waals surface area contributed by atoms with Crippen LogP contribution in [0.5, 0.6) is 0 Å². The zero-order valence-electron chi connectivity index (χ0n) is 9.64. The van der Waals surface area contributed by atoms with Crippen LogP contribution in [0.15, 0.2) is 40.8 Å². The van der Waals surface area contributed by atoms with Crippen LogP contribution in [0.25, 0.3) is 5.65 Å². The summed E-state index contributed by atoms with van der Waals surface area (Å²) in [6.07, 6.45) is 3.86. The predicted octanol–water partition coefficient (Wildman–Crippen LogP) is 2.83. The summed E-state index contributed by atoms with van der Waals surface area (Å²) in [6.45, 7) is 4.06. The van der Waals surface area contributed by atoms with Crippen molar-refractivity contribution in [2.75, 3.05) is 0 Å². The standard InChI is InChI=1S/C12H12N4S/c1-8-6-13-12(14-8)17-11-7-16-9(2)4-3-5-10(16)15-11/h3-7H,1-2H3,(H,13,14). The topological polar surface area (TPSA) is 46.0 Å². The summed E-state index contributed by atoms with van der Waals surface area (Å²) in [5.74, 6) is 0. The SMILES string of the molecule is Cc1cnc(Sc2cn3c(C)cccc3n2)[nH]1. The van der Waals surface area contributed by atoms with Crippen molar-refractivity contribution >= 4 is 17.4 Å². The van der Waals surface area contributed by atoms with Gasteiger partial charge in [0.1, 0.15) is 10.7 Å². The van der Waals surface area contributed by atoms with E-state index >= 15 is 0 Å². The van der Waals surface area contributed by atoms with E-state index in [9.17, 15) is 0 Å². The van der Waals surface area contributed by atoms with Gasteiger partial charge in [0.05, 0.1) is 0 Å². The molecule has 0 aliphatic heterocycles. The number of nitrogens with one attached hydrogen (secondary N) is 1. The van der Waals surface area contributed by atoms with Gasteiger partial charge in [-0.2, -0.15) is 0 Å². The molecule has 0 amide bonds. The maximum absolute atomic E-state index is 4.54. The van der Waals surface area contributed by atoms with E-state index in [-0.39, 0.29) is 0 Å². The second kappa shape index (κ2) is 3.92. The Kier molecular flexibility index (Phi) is 2.40. The molecule has 0 spiro atoms. The van der Waals surface area contributed by atoms with Gasteiger partial charge in [-0.15, -0.1) is 0 Å². The molecule has 0 saturated heterocycles. The largest absolute Gasteiger partial charge is 0.337 e. The van der Waals surface area contributed by atoms with Crippen LogP contribution >= 0.6 is 11.8 Å². The van der Waals surface area contributed by atoms with Gasteiger partial charge in [0, 0.05) is 23.8 Å². The molecule has 86 valence electrons. The predicted molar refractivity (Wildman–Crippen MR) is 67.4 cm³/mol. The van der Waals surface area contributed by atoms with Crippen molar-refractivity contribution in [3.8, 4) is 0 Å². The van der Waals surface area contributed by atoms with Crippen LogP contribution < -0.4 is 0 Å². The van der Waals surface area contributed by atoms with Crippen molar-refractivity contribution in [1.29, 1.82) is 0 Å². The quantitative estimate of drug-likeness (QED) is 0.754. The highest BCUT2D eigenvalue weighted by Gasteiger charge is 2.06. The molecule has 4 nitrogen and oxygen atoms in total. The smallest absolute Gasteiger partial charge is 0.171 e. The Morgan fingerprint density at radius 3 is 2.88 bits per heavy atom. The van der Waals surface area contributed by atoms with E-state index in [0.717, 1.165) is 21.5 Å². The lowest BCUT2D eigenvalue weighted by molar-refractivity contribution is 1.03. The van der Waals surface area contributed by atoms with Crippen LogP contribution in [0.4, 0.5) is 0 Å². The highest BCUT2D eigenvalue weighted by atomic mass is 32.2. The summed E-state index contributed by atoms with van der Waals surface area (Å²) in [6, 6.07) is 6.09. The third kappa shape index (κ3) is 1.93. The van der Waals surface area contributed by atoms with Gasteiger partial charge in [-0.05, 0) is 37.7 Å². The van der Waals surface area contributed by atoms with Crippen molar-refractivity contribution in [3.05, 3.63) is 42.0 Å². The Morgan fingerprint density at radius 2 is 2.18 bits per heavy atom. The van der Waals surface area contributed by atoms with Gasteiger partial charge in [-0.1, -0.05) is 6.07 Å². The Bertz CT molecular complexity index is 668. The molecule has 17 heavy (non-hydrogen) atoms. The van der Waals surface area contributed by atoms with Crippen LogP contribution in [0.2, 0.25) is 0 Å². The normalized spacial score (nSPS) is 11.2. The fourth-order valence-corrected chi connectivity index (χ4v) is 2.53. The van der Waals surface area contributed by atoms with Crippen molar-refractivity contribution < 1.29 is 0 Å². The molecule has 5 heteroatoms. The van der Waals surface area contributed by atoms with Gasteiger partial charge < -0.3 is 9.38 Å². The second-order valence-electron chi connectivity index (χ2n) is 3.95. The minimum absolute atomic E-state index is 0.878. The zero-order chi connectivity index (χ0) is 11.8. The summed E-state index contributed by atoms with van der Waals surface area (Å²) in [4.78, 5) is 12.0. The number of aryl methyl sites for hydroxylation is 2. The fourth-order valence-electron chi connectivity index (χ4n) is 1.71. The molecule has 0 aliphatic rings. The number of H-pyrrole nitrogens is 1. The number of rotatable bonds is 2. The Balaban J connectivity index is 1.98. The van der Waals surface area contributed by atoms with Crippen molar-refractivity contribution in [3.63, 3.8) is 0 Å². The van der Waals surface area contributed by atoms with E-state index in [1.165, 1.54) is 5.69 Å². The number of imidazole rings is 2. The van der Waals surface area contributed by atoms with Crippen LogP contribution in [0, 0.1) is 13.8 Å². The van der Waals surface area contributed by atoms with E-state index in [1.807, 2.05) is 31.5 Å². The van der Waals surface area contributed by atoms with E-state index in [4.69, 9.17) is 0 Å². The third-order valence-corrected chi connectivity index (χ3v) is 3.36. The maximum atomic E-state index is 4.54. The van der Waals surface area contributed by atoms with E-state index < -0.39 is 0 Å². The van der Waals surface area contributed by atoms with Crippen LogP contribution in [0.1, 0.15) is 11.4 Å². The van der Waals surface area contributed by atoms with Crippen LogP contribution in [-0.2, 0) is 0 Å². The van der Waals surface area contributed by atoms with Crippen LogP contribution in [0.3, 0.4) is 0 Å². The number of aromatic amines is 1. The van der Waals surface area contributed by atoms with Crippen LogP contribution in [-0.4, -0.2) is 19.4 Å². The van der Waals surface area contributed by atoms with E-state index in [1.54, 1.807) is 11.8 Å². The molecule has 0 unspecified atom stereocenters. The van der Waals surface area contributed by atoms with Gasteiger partial charge in [-0.3, -0.25) is 0 Å². The van der Waals surface area contributed by atoms with E-state index in [2.05, 4.69) is 32.3 Å². The molecule has 0 aromatic carbocycles. The Morgan fingerprint density at radius 1 is 1.29 bits per heavy atom. The average molecular weight is 244 g/mol. The van der Waals surface area contributed by atoms with Crippen molar-refractivity contribution in [1.82, 2.24) is 19.4 Å². The third-order valence-electron chi connectivity index (χ3n) is 2.55. The lowest BCUT2D eigenvalue weighted by atomic mass is 10.4. The fraction of sp³-hybridized carbons (Fsp3) is 0.167. The summed E-state index contributed by atoms with van der Waals surface area (Å²) in [7, 11) is 0. The Labute approximate surface area is 103 Å². The van der Waals surface area contributed by atoms with Crippen molar-refractivity contribution in [2.45, 2.75) is 24.0 Å². The molecule has 3 heterocycles. The molecule has 0 saturated carbocycles. The Hall–Kier alpha value is -1.75. The highest BCUT2D eigenvalue weighted by Crippen LogP contribution is 2.24. The van der Waals surface area contributed by atoms with E-state index in [0.29, 0.717) is 0 Å². The molecular weight excluding hydrogens is 232 g/mol. The van der Waals surface area contributed by atoms with Gasteiger partial charge in [0.2, 0.25) is 0 Å². The number of nitrogens with zero attached hydrogens (tertiary/aromatic N) is 3. The molecule has 0 radical (unpaired) electrons. The molecule has 3 aromatic heterocycles. The number of hydrogen-bond donors (Lipinski definition) is 1. The first-order valence-corrected chi connectivity index (χ1v) is 6.18. The van der Waals surface area contributed by atoms with Gasteiger partial charge in [-0.25, -0.2) is 9.97 Å². The first-order valence-electron chi connectivity index (χ1n) is 5.36. The number of aromatic nitrogens is 4. The molecule has 1 N–H and O–H groups in total. The van der Waals surface area contributed by atoms with Crippen molar-refractivity contribution in [2.24, 2.45) is 0 Å². The minimum atomic E-state index is 0.878. The molecule has 0 fully saturated rings. The molecule has 3 aromatic rings. The summed E-state index contributed by atoms with van der Waals surface area (Å²) < 4.78 is 2.08. The molecule has 3 rings (SSSR count). The highest BCUT2D eigenvalue weighted by molar-refractivity contribution is 7.99. The summed E-state index contributed by atoms with van der Waals surface area (Å²) in [5.41, 5.74) is 3.21. The van der Waals surface area contributed by atoms with Gasteiger partial charge >= 0.3 is 0 Å². The lowest BCUT2D eigenvalue weighted by Crippen LogP contribution is -1.86. The second-order valence-corrected chi connectivity index (χ2v) is 4.96. The maximum Gasteiger partial charge on any atom is 0.171 e. The summed E-state index contributed by atoms with van der Waals surface area (Å²) in [5, 5.41) is 1.83. The van der Waals surface area contributed by atoms with Gasteiger partial charge in [0.25, 0.3) is 0 Å². The average Bonchev–Trinajstić information content (AvgIpc) is 2.86. The minimum Gasteiger partial charge on any atom is -0.337 e. The lowest BCUT2D eigenvalue weighted by Gasteiger charge is -1.95. The number of pyridine rings is 1. The molecule has 0 bridgehead atoms. The summed E-state index contributed by atoms with van der Waals surface area (Å²) >= 11 is 1.54. The molecule has 0 aliphatic carbocycles. The first-order chi connectivity index (χ1) is 8.22. The monoisotopic (exact) mass is 244 g/mol. The molecular formula is C12H12N4S. The first kappa shape index (κ1) is 10.4.